The van der Waals surface area contributed by atoms with E-state index in [2.05, 4.69) is 19.9 Å². The lowest BCUT2D eigenvalue weighted by molar-refractivity contribution is 0.240. The van der Waals surface area contributed by atoms with Gasteiger partial charge in [-0.1, -0.05) is 0 Å². The number of ether oxygens (including phenoxy) is 1. The Kier molecular flexibility index (Phi) is 3.80. The lowest BCUT2D eigenvalue weighted by Gasteiger charge is -2.27. The van der Waals surface area contributed by atoms with Crippen LogP contribution >= 0.6 is 0 Å². The highest BCUT2D eigenvalue weighted by molar-refractivity contribution is 5.24. The molecule has 3 heterocycles. The number of fused-ring (bicyclic) bond motifs is 1. The van der Waals surface area contributed by atoms with E-state index in [1.54, 1.807) is 6.20 Å². The molecule has 7 heteroatoms. The third-order valence-corrected chi connectivity index (χ3v) is 4.59. The Morgan fingerprint density at radius 3 is 3.00 bits per heavy atom. The summed E-state index contributed by atoms with van der Waals surface area (Å²) in [5.41, 5.74) is 2.37. The van der Waals surface area contributed by atoms with Crippen molar-refractivity contribution >= 4 is 0 Å². The third-order valence-electron chi connectivity index (χ3n) is 4.59. The van der Waals surface area contributed by atoms with Crippen LogP contribution in [0.15, 0.2) is 17.1 Å². The van der Waals surface area contributed by atoms with Crippen LogP contribution in [0.3, 0.4) is 0 Å². The van der Waals surface area contributed by atoms with Crippen LogP contribution in [-0.4, -0.2) is 33.5 Å². The first-order valence-corrected chi connectivity index (χ1v) is 8.17. The summed E-state index contributed by atoms with van der Waals surface area (Å²) < 4.78 is 18.6. The topological polar surface area (TPSA) is 71.1 Å². The van der Waals surface area contributed by atoms with Gasteiger partial charge in [0, 0.05) is 38.2 Å². The van der Waals surface area contributed by atoms with E-state index in [-0.39, 0.29) is 11.4 Å². The number of rotatable bonds is 4. The zero-order valence-electron chi connectivity index (χ0n) is 13.5. The van der Waals surface area contributed by atoms with Crippen molar-refractivity contribution < 1.29 is 9.13 Å². The molecule has 126 valence electrons. The van der Waals surface area contributed by atoms with E-state index in [1.165, 1.54) is 13.2 Å². The lowest BCUT2D eigenvalue weighted by atomic mass is 10.1. The van der Waals surface area contributed by atoms with Crippen molar-refractivity contribution in [2.75, 3.05) is 13.7 Å². The zero-order chi connectivity index (χ0) is 16.7. The number of nitrogens with one attached hydrogen (secondary N) is 1. The van der Waals surface area contributed by atoms with Gasteiger partial charge in [-0.3, -0.25) is 9.69 Å². The van der Waals surface area contributed by atoms with Gasteiger partial charge < -0.3 is 9.72 Å². The first-order valence-electron chi connectivity index (χ1n) is 8.17. The number of hydrogen-bond acceptors (Lipinski definition) is 5. The Hall–Kier alpha value is -2.28. The van der Waals surface area contributed by atoms with Gasteiger partial charge in [0.2, 0.25) is 5.88 Å². The van der Waals surface area contributed by atoms with Crippen LogP contribution in [0, 0.1) is 5.82 Å². The van der Waals surface area contributed by atoms with Crippen LogP contribution < -0.4 is 10.3 Å². The second kappa shape index (κ2) is 5.98. The second-order valence-electron chi connectivity index (χ2n) is 6.45. The van der Waals surface area contributed by atoms with Gasteiger partial charge in [-0.05, 0) is 24.5 Å². The minimum absolute atomic E-state index is 0.00371. The number of nitrogens with zero attached hydrogens (tertiary/aromatic N) is 3. The summed E-state index contributed by atoms with van der Waals surface area (Å²) in [6.45, 7) is 1.86. The summed E-state index contributed by atoms with van der Waals surface area (Å²) in [7, 11) is 1.39. The molecule has 0 unspecified atom stereocenters. The van der Waals surface area contributed by atoms with Crippen molar-refractivity contribution in [1.29, 1.82) is 0 Å². The first kappa shape index (κ1) is 15.3. The van der Waals surface area contributed by atoms with E-state index in [4.69, 9.17) is 4.74 Å². The maximum atomic E-state index is 13.8. The number of pyridine rings is 1. The minimum atomic E-state index is -0.471. The van der Waals surface area contributed by atoms with Crippen molar-refractivity contribution in [3.8, 4) is 5.88 Å². The monoisotopic (exact) mass is 330 g/mol. The largest absolute Gasteiger partial charge is 0.479 e. The maximum absolute atomic E-state index is 13.8. The number of aromatic nitrogens is 3. The standard InChI is InChI=1S/C17H19FN4O2/c1-24-17-13(18)6-10(7-19-17)8-22-5-4-14-12(9-22)16(23)21-15(20-14)11-2-3-11/h6-7,11H,2-5,8-9H2,1H3,(H,20,21,23). The van der Waals surface area contributed by atoms with Crippen LogP contribution in [0.2, 0.25) is 0 Å². The first-order chi connectivity index (χ1) is 11.6. The number of hydrogen-bond donors (Lipinski definition) is 1. The molecule has 1 aliphatic carbocycles. The van der Waals surface area contributed by atoms with Gasteiger partial charge in [0.15, 0.2) is 5.82 Å². The molecule has 2 aliphatic rings. The van der Waals surface area contributed by atoms with Crippen LogP contribution in [-0.2, 0) is 19.5 Å². The molecule has 1 N–H and O–H groups in total. The van der Waals surface area contributed by atoms with E-state index in [0.29, 0.717) is 19.0 Å². The van der Waals surface area contributed by atoms with Crippen LogP contribution in [0.4, 0.5) is 4.39 Å². The van der Waals surface area contributed by atoms with E-state index in [1.807, 2.05) is 0 Å². The number of aromatic amines is 1. The van der Waals surface area contributed by atoms with Gasteiger partial charge >= 0.3 is 0 Å². The Bertz CT molecular complexity index is 832. The summed E-state index contributed by atoms with van der Waals surface area (Å²) >= 11 is 0. The summed E-state index contributed by atoms with van der Waals surface area (Å²) in [4.78, 5) is 26.0. The molecule has 0 spiro atoms. The van der Waals surface area contributed by atoms with Crippen molar-refractivity contribution in [3.63, 3.8) is 0 Å². The Morgan fingerprint density at radius 1 is 1.46 bits per heavy atom. The smallest absolute Gasteiger partial charge is 0.255 e. The average Bonchev–Trinajstić information content (AvgIpc) is 3.40. The Morgan fingerprint density at radius 2 is 2.29 bits per heavy atom. The molecule has 1 saturated carbocycles. The summed E-state index contributed by atoms with van der Waals surface area (Å²) in [6.07, 6.45) is 4.58. The van der Waals surface area contributed by atoms with Gasteiger partial charge in [0.05, 0.1) is 18.4 Å². The molecule has 2 aromatic rings. The van der Waals surface area contributed by atoms with Gasteiger partial charge in [0.25, 0.3) is 5.56 Å². The molecule has 0 bridgehead atoms. The molecule has 6 nitrogen and oxygen atoms in total. The zero-order valence-corrected chi connectivity index (χ0v) is 13.5. The maximum Gasteiger partial charge on any atom is 0.255 e. The predicted octanol–water partition coefficient (Wildman–Crippen LogP) is 1.75. The molecule has 0 aromatic carbocycles. The fourth-order valence-corrected chi connectivity index (χ4v) is 3.15. The number of halogens is 1. The third kappa shape index (κ3) is 2.91. The van der Waals surface area contributed by atoms with Crippen LogP contribution in [0.5, 0.6) is 5.88 Å². The van der Waals surface area contributed by atoms with Crippen molar-refractivity contribution in [2.45, 2.75) is 38.3 Å². The molecule has 1 fully saturated rings. The van der Waals surface area contributed by atoms with Gasteiger partial charge in [0.1, 0.15) is 5.82 Å². The molecule has 24 heavy (non-hydrogen) atoms. The highest BCUT2D eigenvalue weighted by atomic mass is 19.1. The molecule has 0 radical (unpaired) electrons. The minimum Gasteiger partial charge on any atom is -0.479 e. The summed E-state index contributed by atoms with van der Waals surface area (Å²) in [6, 6.07) is 1.43. The van der Waals surface area contributed by atoms with Crippen molar-refractivity contribution in [3.05, 3.63) is 51.1 Å². The van der Waals surface area contributed by atoms with Gasteiger partial charge in [-0.15, -0.1) is 0 Å². The molecular weight excluding hydrogens is 311 g/mol. The van der Waals surface area contributed by atoms with E-state index in [9.17, 15) is 9.18 Å². The highest BCUT2D eigenvalue weighted by Gasteiger charge is 2.29. The second-order valence-corrected chi connectivity index (χ2v) is 6.45. The van der Waals surface area contributed by atoms with Gasteiger partial charge in [-0.2, -0.15) is 0 Å². The van der Waals surface area contributed by atoms with Crippen LogP contribution in [0.1, 0.15) is 41.4 Å². The lowest BCUT2D eigenvalue weighted by Crippen LogP contribution is -2.35. The molecule has 0 atom stereocenters. The Labute approximate surface area is 138 Å². The average molecular weight is 330 g/mol. The quantitative estimate of drug-likeness (QED) is 0.925. The summed E-state index contributed by atoms with van der Waals surface area (Å²) in [5, 5.41) is 0. The number of H-pyrrole nitrogens is 1. The number of methoxy groups -OCH3 is 1. The molecule has 4 rings (SSSR count). The van der Waals surface area contributed by atoms with Crippen LogP contribution in [0.25, 0.3) is 0 Å². The van der Waals surface area contributed by atoms with Crippen molar-refractivity contribution in [2.24, 2.45) is 0 Å². The predicted molar refractivity (Wildman–Crippen MR) is 85.4 cm³/mol. The van der Waals surface area contributed by atoms with E-state index < -0.39 is 5.82 Å². The molecule has 0 amide bonds. The SMILES string of the molecule is COc1ncc(CN2CCc3nc(C4CC4)[nH]c(=O)c3C2)cc1F. The normalized spacial score (nSPS) is 17.6. The fourth-order valence-electron chi connectivity index (χ4n) is 3.15. The summed E-state index contributed by atoms with van der Waals surface area (Å²) in [5.74, 6) is 0.806. The fraction of sp³-hybridized carbons (Fsp3) is 0.471. The van der Waals surface area contributed by atoms with Crippen molar-refractivity contribution in [1.82, 2.24) is 19.9 Å². The highest BCUT2D eigenvalue weighted by Crippen LogP contribution is 2.37. The molecular formula is C17H19FN4O2. The van der Waals surface area contributed by atoms with E-state index >= 15 is 0 Å². The van der Waals surface area contributed by atoms with Gasteiger partial charge in [-0.25, -0.2) is 14.4 Å². The Balaban J connectivity index is 1.52. The molecule has 1 aliphatic heterocycles. The molecule has 0 saturated heterocycles. The molecule has 2 aromatic heterocycles. The van der Waals surface area contributed by atoms with E-state index in [0.717, 1.165) is 48.5 Å².